The van der Waals surface area contributed by atoms with Crippen LogP contribution in [-0.4, -0.2) is 55.5 Å². The molecule has 1 heterocycles. The highest BCUT2D eigenvalue weighted by Crippen LogP contribution is 2.30. The molecule has 0 radical (unpaired) electrons. The number of benzene rings is 1. The first-order valence-electron chi connectivity index (χ1n) is 7.08. The average molecular weight is 366 g/mol. The van der Waals surface area contributed by atoms with Crippen molar-refractivity contribution in [2.24, 2.45) is 0 Å². The maximum absolute atomic E-state index is 12.2. The van der Waals surface area contributed by atoms with Crippen molar-refractivity contribution in [3.63, 3.8) is 0 Å². The van der Waals surface area contributed by atoms with Gasteiger partial charge in [0.05, 0.1) is 31.3 Å². The highest BCUT2D eigenvalue weighted by Gasteiger charge is 2.33. The second-order valence-electron chi connectivity index (χ2n) is 4.98. The molecule has 1 N–H and O–H groups in total. The number of carbonyl (C=O) groups is 3. The van der Waals surface area contributed by atoms with Crippen molar-refractivity contribution in [2.45, 2.75) is 0 Å². The summed E-state index contributed by atoms with van der Waals surface area (Å²) < 4.78 is 14.5. The molecule has 0 bridgehead atoms. The third-order valence-electron chi connectivity index (χ3n) is 3.55. The molecule has 0 saturated carbocycles. The van der Waals surface area contributed by atoms with Crippen LogP contribution in [0.15, 0.2) is 29.5 Å². The van der Waals surface area contributed by atoms with E-state index in [9.17, 15) is 29.6 Å². The smallest absolute Gasteiger partial charge is 0.355 e. The third kappa shape index (κ3) is 3.47. The Kier molecular flexibility index (Phi) is 5.52. The first-order chi connectivity index (χ1) is 12.3. The molecular weight excluding hydrogens is 352 g/mol. The van der Waals surface area contributed by atoms with Crippen LogP contribution in [0.4, 0.5) is 11.4 Å². The summed E-state index contributed by atoms with van der Waals surface area (Å²) in [7, 11) is 2.23. The predicted molar refractivity (Wildman–Crippen MR) is 84.4 cm³/mol. The molecule has 0 aliphatic carbocycles. The number of carboxylic acids is 1. The number of hydrogen-bond donors (Lipinski definition) is 1. The molecule has 1 aromatic rings. The van der Waals surface area contributed by atoms with Crippen molar-refractivity contribution in [3.8, 4) is 0 Å². The molecular formula is C15H14N2O9. The van der Waals surface area contributed by atoms with Crippen molar-refractivity contribution < 1.29 is 38.6 Å². The molecule has 11 nitrogen and oxygen atoms in total. The topological polar surface area (TPSA) is 146 Å². The van der Waals surface area contributed by atoms with Crippen molar-refractivity contribution in [1.29, 1.82) is 0 Å². The zero-order valence-corrected chi connectivity index (χ0v) is 13.8. The highest BCUT2D eigenvalue weighted by atomic mass is 16.6. The van der Waals surface area contributed by atoms with Crippen LogP contribution in [0.3, 0.4) is 0 Å². The normalized spacial score (nSPS) is 14.0. The van der Waals surface area contributed by atoms with Gasteiger partial charge in [-0.1, -0.05) is 0 Å². The van der Waals surface area contributed by atoms with Crippen LogP contribution < -0.4 is 4.90 Å². The Bertz CT molecular complexity index is 815. The first kappa shape index (κ1) is 18.9. The minimum absolute atomic E-state index is 0.0921. The number of nitro groups is 1. The molecule has 0 aromatic heterocycles. The van der Waals surface area contributed by atoms with E-state index >= 15 is 0 Å². The lowest BCUT2D eigenvalue weighted by molar-refractivity contribution is -0.385. The largest absolute Gasteiger partial charge is 0.477 e. The van der Waals surface area contributed by atoms with E-state index in [0.717, 1.165) is 26.4 Å². The van der Waals surface area contributed by atoms with E-state index in [-0.39, 0.29) is 30.3 Å². The number of rotatable bonds is 5. The highest BCUT2D eigenvalue weighted by molar-refractivity contribution is 6.03. The number of carboxylic acid groups (broad SMARTS) is 1. The second-order valence-corrected chi connectivity index (χ2v) is 4.98. The number of carbonyl (C=O) groups excluding carboxylic acids is 2. The van der Waals surface area contributed by atoms with Crippen LogP contribution in [0, 0.1) is 10.1 Å². The lowest BCUT2D eigenvalue weighted by Gasteiger charge is -2.31. The van der Waals surface area contributed by atoms with Gasteiger partial charge in [0, 0.05) is 11.8 Å². The fourth-order valence-electron chi connectivity index (χ4n) is 2.37. The summed E-state index contributed by atoms with van der Waals surface area (Å²) in [4.78, 5) is 46.7. The van der Waals surface area contributed by atoms with E-state index < -0.39 is 34.1 Å². The van der Waals surface area contributed by atoms with Gasteiger partial charge < -0.3 is 24.2 Å². The van der Waals surface area contributed by atoms with E-state index in [4.69, 9.17) is 4.74 Å². The number of ether oxygens (including phenoxy) is 3. The molecule has 1 aliphatic rings. The Morgan fingerprint density at radius 3 is 2.42 bits per heavy atom. The molecule has 1 aliphatic heterocycles. The molecule has 0 spiro atoms. The fourth-order valence-corrected chi connectivity index (χ4v) is 2.37. The Balaban J connectivity index is 2.63. The average Bonchev–Trinajstić information content (AvgIpc) is 2.65. The third-order valence-corrected chi connectivity index (χ3v) is 3.55. The van der Waals surface area contributed by atoms with Crippen LogP contribution in [-0.2, 0) is 23.8 Å². The molecule has 2 rings (SSSR count). The van der Waals surface area contributed by atoms with E-state index in [1.54, 1.807) is 0 Å². The molecule has 0 fully saturated rings. The van der Waals surface area contributed by atoms with Crippen LogP contribution >= 0.6 is 0 Å². The Labute approximate surface area is 146 Å². The number of methoxy groups -OCH3 is 2. The molecule has 26 heavy (non-hydrogen) atoms. The molecule has 0 amide bonds. The minimum Gasteiger partial charge on any atom is -0.477 e. The summed E-state index contributed by atoms with van der Waals surface area (Å²) in [5, 5.41) is 20.2. The number of nitro benzene ring substituents is 1. The van der Waals surface area contributed by atoms with Crippen LogP contribution in [0.1, 0.15) is 10.4 Å². The van der Waals surface area contributed by atoms with Gasteiger partial charge in [-0.15, -0.1) is 0 Å². The standard InChI is InChI=1S/C15H14N2O9/c1-24-14(20)10-6-26-7-16(12(10)15(21)25-2)8-3-4-11(17(22)23)9(5-8)13(18)19/h3-5H,6-7H2,1-2H3,(H,18,19). The van der Waals surface area contributed by atoms with Gasteiger partial charge in [0.2, 0.25) is 0 Å². The second kappa shape index (κ2) is 7.61. The first-order valence-corrected chi connectivity index (χ1v) is 7.08. The summed E-state index contributed by atoms with van der Waals surface area (Å²) >= 11 is 0. The Hall–Kier alpha value is -3.47. The van der Waals surface area contributed by atoms with Crippen LogP contribution in [0.5, 0.6) is 0 Å². The van der Waals surface area contributed by atoms with Gasteiger partial charge in [-0.3, -0.25) is 10.1 Å². The van der Waals surface area contributed by atoms with Crippen molar-refractivity contribution >= 4 is 29.3 Å². The maximum Gasteiger partial charge on any atom is 0.355 e. The monoisotopic (exact) mass is 366 g/mol. The summed E-state index contributed by atoms with van der Waals surface area (Å²) in [6.45, 7) is -0.422. The van der Waals surface area contributed by atoms with Crippen molar-refractivity contribution in [2.75, 3.05) is 32.5 Å². The molecule has 1 aromatic carbocycles. The quantitative estimate of drug-likeness (QED) is 0.448. The van der Waals surface area contributed by atoms with Gasteiger partial charge in [-0.2, -0.15) is 0 Å². The summed E-state index contributed by atoms with van der Waals surface area (Å²) in [6.07, 6.45) is 0. The van der Waals surface area contributed by atoms with Gasteiger partial charge in [0.15, 0.2) is 0 Å². The molecule has 0 atom stereocenters. The van der Waals surface area contributed by atoms with Gasteiger partial charge >= 0.3 is 17.9 Å². The number of hydrogen-bond acceptors (Lipinski definition) is 9. The number of anilines is 1. The lowest BCUT2D eigenvalue weighted by atomic mass is 10.1. The molecule has 0 saturated heterocycles. The van der Waals surface area contributed by atoms with Crippen molar-refractivity contribution in [1.82, 2.24) is 0 Å². The zero-order chi connectivity index (χ0) is 19.4. The molecule has 11 heteroatoms. The minimum atomic E-state index is -1.52. The van der Waals surface area contributed by atoms with Gasteiger partial charge in [-0.25, -0.2) is 14.4 Å². The van der Waals surface area contributed by atoms with Gasteiger partial charge in [0.25, 0.3) is 5.69 Å². The fraction of sp³-hybridized carbons (Fsp3) is 0.267. The van der Waals surface area contributed by atoms with E-state index in [1.165, 1.54) is 11.0 Å². The number of esters is 2. The van der Waals surface area contributed by atoms with Crippen molar-refractivity contribution in [3.05, 3.63) is 45.1 Å². The van der Waals surface area contributed by atoms with E-state index in [0.29, 0.717) is 0 Å². The summed E-state index contributed by atoms with van der Waals surface area (Å²) in [5.74, 6) is -3.22. The lowest BCUT2D eigenvalue weighted by Crippen LogP contribution is -2.38. The number of aromatic carboxylic acids is 1. The summed E-state index contributed by atoms with van der Waals surface area (Å²) in [6, 6.07) is 3.23. The Morgan fingerprint density at radius 2 is 1.88 bits per heavy atom. The van der Waals surface area contributed by atoms with Crippen LogP contribution in [0.25, 0.3) is 0 Å². The van der Waals surface area contributed by atoms with Gasteiger partial charge in [0.1, 0.15) is 18.0 Å². The molecule has 138 valence electrons. The van der Waals surface area contributed by atoms with E-state index in [1.807, 2.05) is 0 Å². The Morgan fingerprint density at radius 1 is 1.23 bits per heavy atom. The zero-order valence-electron chi connectivity index (χ0n) is 13.8. The molecule has 0 unspecified atom stereocenters. The number of nitrogens with zero attached hydrogens (tertiary/aromatic N) is 2. The van der Waals surface area contributed by atoms with Crippen LogP contribution in [0.2, 0.25) is 0 Å². The maximum atomic E-state index is 12.2. The predicted octanol–water partition coefficient (Wildman–Crippen LogP) is 0.687. The van der Waals surface area contributed by atoms with Gasteiger partial charge in [-0.05, 0) is 12.1 Å². The van der Waals surface area contributed by atoms with E-state index in [2.05, 4.69) is 9.47 Å². The SMILES string of the molecule is COC(=O)C1=C(C(=O)OC)N(c2ccc([N+](=O)[O-])c(C(=O)O)c2)COC1. The summed E-state index contributed by atoms with van der Waals surface area (Å²) in [5.41, 5.74) is -1.43.